The normalized spacial score (nSPS) is 20.4. The highest BCUT2D eigenvalue weighted by atomic mass is 32.1. The fourth-order valence-corrected chi connectivity index (χ4v) is 3.99. The summed E-state index contributed by atoms with van der Waals surface area (Å²) >= 11 is 1.92. The summed E-state index contributed by atoms with van der Waals surface area (Å²) in [7, 11) is 0. The quantitative estimate of drug-likeness (QED) is 0.886. The fraction of sp³-hybridized carbons (Fsp3) is 0.769. The van der Waals surface area contributed by atoms with Gasteiger partial charge in [0.2, 0.25) is 0 Å². The van der Waals surface area contributed by atoms with Gasteiger partial charge in [-0.2, -0.15) is 0 Å². The molecule has 100 valence electrons. The van der Waals surface area contributed by atoms with Gasteiger partial charge in [0.1, 0.15) is 0 Å². The maximum Gasteiger partial charge on any atom is 0.185 e. The van der Waals surface area contributed by atoms with E-state index in [4.69, 9.17) is 10.7 Å². The third-order valence-electron chi connectivity index (χ3n) is 3.91. The van der Waals surface area contributed by atoms with E-state index < -0.39 is 0 Å². The van der Waals surface area contributed by atoms with E-state index in [-0.39, 0.29) is 0 Å². The van der Waals surface area contributed by atoms with Gasteiger partial charge in [-0.1, -0.05) is 0 Å². The Morgan fingerprint density at radius 3 is 2.72 bits per heavy atom. The molecule has 0 aromatic carbocycles. The van der Waals surface area contributed by atoms with Gasteiger partial charge in [0.15, 0.2) is 5.13 Å². The Morgan fingerprint density at radius 2 is 2.00 bits per heavy atom. The molecule has 1 aliphatic carbocycles. The van der Waals surface area contributed by atoms with Crippen LogP contribution in [0.25, 0.3) is 0 Å². The molecule has 0 amide bonds. The SMILES string of the molecule is NCCCN1CCN(c2nc3c(s2)CCC3)CC1. The molecule has 3 rings (SSSR count). The number of thiazole rings is 1. The van der Waals surface area contributed by atoms with Crippen molar-refractivity contribution in [3.63, 3.8) is 0 Å². The average molecular weight is 266 g/mol. The van der Waals surface area contributed by atoms with Crippen LogP contribution in [0.2, 0.25) is 0 Å². The molecule has 1 fully saturated rings. The molecule has 1 aromatic heterocycles. The zero-order valence-electron chi connectivity index (χ0n) is 10.9. The maximum absolute atomic E-state index is 5.56. The van der Waals surface area contributed by atoms with Crippen LogP contribution >= 0.6 is 11.3 Å². The molecular formula is C13H22N4S. The van der Waals surface area contributed by atoms with E-state index in [1.165, 1.54) is 35.0 Å². The van der Waals surface area contributed by atoms with E-state index >= 15 is 0 Å². The summed E-state index contributed by atoms with van der Waals surface area (Å²) in [5.41, 5.74) is 6.94. The van der Waals surface area contributed by atoms with Crippen molar-refractivity contribution >= 4 is 16.5 Å². The molecule has 2 N–H and O–H groups in total. The molecule has 18 heavy (non-hydrogen) atoms. The summed E-state index contributed by atoms with van der Waals surface area (Å²) in [5.74, 6) is 0. The monoisotopic (exact) mass is 266 g/mol. The third kappa shape index (κ3) is 2.53. The van der Waals surface area contributed by atoms with Gasteiger partial charge < -0.3 is 10.6 Å². The van der Waals surface area contributed by atoms with Gasteiger partial charge in [-0.25, -0.2) is 4.98 Å². The summed E-state index contributed by atoms with van der Waals surface area (Å²) in [6.45, 7) is 6.51. The molecule has 0 atom stereocenters. The Morgan fingerprint density at radius 1 is 1.17 bits per heavy atom. The molecule has 1 saturated heterocycles. The molecule has 5 heteroatoms. The molecule has 1 aromatic rings. The van der Waals surface area contributed by atoms with Crippen LogP contribution in [-0.4, -0.2) is 49.2 Å². The van der Waals surface area contributed by atoms with Gasteiger partial charge in [0, 0.05) is 31.1 Å². The molecule has 0 bridgehead atoms. The second kappa shape index (κ2) is 5.55. The van der Waals surface area contributed by atoms with Gasteiger partial charge in [0.05, 0.1) is 5.69 Å². The van der Waals surface area contributed by atoms with Gasteiger partial charge in [-0.05, 0) is 38.8 Å². The standard InChI is InChI=1S/C13H22N4S/c14-5-2-6-16-7-9-17(10-8-16)13-15-11-3-1-4-12(11)18-13/h1-10,14H2. The summed E-state index contributed by atoms with van der Waals surface area (Å²) in [6, 6.07) is 0. The first kappa shape index (κ1) is 12.4. The number of rotatable bonds is 4. The van der Waals surface area contributed by atoms with E-state index in [1.807, 2.05) is 11.3 Å². The number of hydrogen-bond donors (Lipinski definition) is 1. The molecule has 0 saturated carbocycles. The molecular weight excluding hydrogens is 244 g/mol. The lowest BCUT2D eigenvalue weighted by molar-refractivity contribution is 0.256. The molecule has 0 radical (unpaired) electrons. The number of nitrogens with two attached hydrogens (primary N) is 1. The average Bonchev–Trinajstić information content (AvgIpc) is 2.97. The van der Waals surface area contributed by atoms with Gasteiger partial charge in [-0.15, -0.1) is 11.3 Å². The zero-order chi connectivity index (χ0) is 12.4. The number of anilines is 1. The van der Waals surface area contributed by atoms with Crippen LogP contribution in [0.1, 0.15) is 23.4 Å². The predicted molar refractivity (Wildman–Crippen MR) is 76.5 cm³/mol. The number of nitrogens with zero attached hydrogens (tertiary/aromatic N) is 3. The van der Waals surface area contributed by atoms with Gasteiger partial charge >= 0.3 is 0 Å². The Bertz CT molecular complexity index is 374. The minimum Gasteiger partial charge on any atom is -0.346 e. The highest BCUT2D eigenvalue weighted by molar-refractivity contribution is 7.15. The molecule has 1 aliphatic heterocycles. The third-order valence-corrected chi connectivity index (χ3v) is 5.12. The van der Waals surface area contributed by atoms with Crippen LogP contribution in [0.4, 0.5) is 5.13 Å². The van der Waals surface area contributed by atoms with Gasteiger partial charge in [0.25, 0.3) is 0 Å². The summed E-state index contributed by atoms with van der Waals surface area (Å²) in [4.78, 5) is 11.3. The number of piperazine rings is 1. The van der Waals surface area contributed by atoms with Crippen molar-refractivity contribution in [1.82, 2.24) is 9.88 Å². The minimum atomic E-state index is 0.805. The molecule has 2 heterocycles. The van der Waals surface area contributed by atoms with Gasteiger partial charge in [-0.3, -0.25) is 4.90 Å². The van der Waals surface area contributed by atoms with E-state index in [1.54, 1.807) is 0 Å². The maximum atomic E-state index is 5.56. The summed E-state index contributed by atoms with van der Waals surface area (Å²) in [6.07, 6.45) is 4.87. The van der Waals surface area contributed by atoms with Crippen LogP contribution in [0.15, 0.2) is 0 Å². The van der Waals surface area contributed by atoms with Crippen molar-refractivity contribution in [3.8, 4) is 0 Å². The van der Waals surface area contributed by atoms with Crippen molar-refractivity contribution in [2.45, 2.75) is 25.7 Å². The lowest BCUT2D eigenvalue weighted by Crippen LogP contribution is -2.46. The number of aryl methyl sites for hydroxylation is 2. The highest BCUT2D eigenvalue weighted by Gasteiger charge is 2.22. The molecule has 0 unspecified atom stereocenters. The molecule has 4 nitrogen and oxygen atoms in total. The van der Waals surface area contributed by atoms with Crippen molar-refractivity contribution < 1.29 is 0 Å². The highest BCUT2D eigenvalue weighted by Crippen LogP contribution is 2.32. The van der Waals surface area contributed by atoms with E-state index in [9.17, 15) is 0 Å². The number of hydrogen-bond acceptors (Lipinski definition) is 5. The number of fused-ring (bicyclic) bond motifs is 1. The summed E-state index contributed by atoms with van der Waals surface area (Å²) in [5, 5.41) is 1.26. The smallest absolute Gasteiger partial charge is 0.185 e. The van der Waals surface area contributed by atoms with Crippen LogP contribution < -0.4 is 10.6 Å². The first-order valence-electron chi connectivity index (χ1n) is 7.03. The predicted octanol–water partition coefficient (Wildman–Crippen LogP) is 1.10. The molecule has 0 spiro atoms. The first-order valence-corrected chi connectivity index (χ1v) is 7.84. The molecule has 2 aliphatic rings. The van der Waals surface area contributed by atoms with Crippen LogP contribution in [0.3, 0.4) is 0 Å². The number of aromatic nitrogens is 1. The Kier molecular flexibility index (Phi) is 3.82. The minimum absolute atomic E-state index is 0.805. The topological polar surface area (TPSA) is 45.4 Å². The van der Waals surface area contributed by atoms with Crippen LogP contribution in [-0.2, 0) is 12.8 Å². The Hall–Kier alpha value is -0.650. The fourth-order valence-electron chi connectivity index (χ4n) is 2.79. The lowest BCUT2D eigenvalue weighted by atomic mass is 10.3. The Balaban J connectivity index is 1.55. The second-order valence-corrected chi connectivity index (χ2v) is 6.25. The zero-order valence-corrected chi connectivity index (χ0v) is 11.7. The first-order chi connectivity index (χ1) is 8.86. The van der Waals surface area contributed by atoms with Crippen molar-refractivity contribution in [2.75, 3.05) is 44.2 Å². The van der Waals surface area contributed by atoms with E-state index in [0.29, 0.717) is 0 Å². The largest absolute Gasteiger partial charge is 0.346 e. The van der Waals surface area contributed by atoms with E-state index in [0.717, 1.165) is 45.7 Å². The van der Waals surface area contributed by atoms with Crippen molar-refractivity contribution in [1.29, 1.82) is 0 Å². The summed E-state index contributed by atoms with van der Waals surface area (Å²) < 4.78 is 0. The van der Waals surface area contributed by atoms with Crippen LogP contribution in [0.5, 0.6) is 0 Å². The lowest BCUT2D eigenvalue weighted by Gasteiger charge is -2.34. The van der Waals surface area contributed by atoms with E-state index in [2.05, 4.69) is 9.80 Å². The van der Waals surface area contributed by atoms with Crippen molar-refractivity contribution in [3.05, 3.63) is 10.6 Å². The Labute approximate surface area is 113 Å². The van der Waals surface area contributed by atoms with Crippen molar-refractivity contribution in [2.24, 2.45) is 5.73 Å². The second-order valence-electron chi connectivity index (χ2n) is 5.19. The van der Waals surface area contributed by atoms with Crippen LogP contribution in [0, 0.1) is 0 Å².